The van der Waals surface area contributed by atoms with Gasteiger partial charge in [0.1, 0.15) is 0 Å². The molecule has 1 fully saturated rings. The van der Waals surface area contributed by atoms with Gasteiger partial charge in [0.2, 0.25) is 5.91 Å². The van der Waals surface area contributed by atoms with Gasteiger partial charge in [-0.1, -0.05) is 31.2 Å². The summed E-state index contributed by atoms with van der Waals surface area (Å²) in [4.78, 5) is 17.3. The zero-order valence-electron chi connectivity index (χ0n) is 14.6. The number of carbonyl (C=O) groups is 1. The zero-order chi connectivity index (χ0) is 16.2. The largest absolute Gasteiger partial charge is 0.338 e. The Balaban J connectivity index is 1.49. The average Bonchev–Trinajstić information content (AvgIpc) is 2.61. The van der Waals surface area contributed by atoms with Gasteiger partial charge in [-0.2, -0.15) is 0 Å². The maximum Gasteiger partial charge on any atom is 0.223 e. The number of hydrogen-bond acceptors (Lipinski definition) is 2. The molecule has 1 aromatic carbocycles. The summed E-state index contributed by atoms with van der Waals surface area (Å²) in [5.41, 5.74) is 2.75. The van der Waals surface area contributed by atoms with E-state index >= 15 is 0 Å². The van der Waals surface area contributed by atoms with Crippen LogP contribution in [0.1, 0.15) is 50.7 Å². The van der Waals surface area contributed by atoms with Gasteiger partial charge in [-0.3, -0.25) is 4.79 Å². The molecule has 2 aliphatic heterocycles. The Morgan fingerprint density at radius 1 is 1.17 bits per heavy atom. The lowest BCUT2D eigenvalue weighted by Gasteiger charge is -2.36. The quantitative estimate of drug-likeness (QED) is 0.849. The molecule has 0 aromatic heterocycles. The molecule has 0 aliphatic carbocycles. The minimum absolute atomic E-state index is 0.362. The zero-order valence-corrected chi connectivity index (χ0v) is 14.6. The third kappa shape index (κ3) is 3.95. The van der Waals surface area contributed by atoms with E-state index in [0.29, 0.717) is 17.9 Å². The van der Waals surface area contributed by atoms with E-state index < -0.39 is 0 Å². The van der Waals surface area contributed by atoms with E-state index in [1.165, 1.54) is 30.4 Å². The summed E-state index contributed by atoms with van der Waals surface area (Å²) >= 11 is 0. The van der Waals surface area contributed by atoms with Crippen molar-refractivity contribution in [1.82, 2.24) is 9.80 Å². The fourth-order valence-electron chi connectivity index (χ4n) is 3.94. The van der Waals surface area contributed by atoms with Crippen LogP contribution in [0, 0.1) is 5.92 Å². The van der Waals surface area contributed by atoms with E-state index in [0.717, 1.165) is 39.0 Å². The minimum atomic E-state index is 0.362. The van der Waals surface area contributed by atoms with Crippen molar-refractivity contribution in [2.45, 2.75) is 58.5 Å². The van der Waals surface area contributed by atoms with Crippen LogP contribution in [-0.2, 0) is 17.8 Å². The van der Waals surface area contributed by atoms with Crippen LogP contribution in [0.5, 0.6) is 0 Å². The summed E-state index contributed by atoms with van der Waals surface area (Å²) in [5, 5.41) is 0. The van der Waals surface area contributed by atoms with Crippen LogP contribution in [0.15, 0.2) is 24.3 Å². The molecule has 0 bridgehead atoms. The first-order chi connectivity index (χ1) is 11.2. The van der Waals surface area contributed by atoms with Crippen LogP contribution in [0.3, 0.4) is 0 Å². The van der Waals surface area contributed by atoms with Gasteiger partial charge in [0.25, 0.3) is 0 Å². The van der Waals surface area contributed by atoms with Gasteiger partial charge in [-0.05, 0) is 62.7 Å². The lowest BCUT2D eigenvalue weighted by molar-refractivity contribution is -0.133. The molecule has 1 atom stereocenters. The van der Waals surface area contributed by atoms with Crippen LogP contribution in [-0.4, -0.2) is 41.4 Å². The Morgan fingerprint density at radius 3 is 2.57 bits per heavy atom. The predicted octanol–water partition coefficient (Wildman–Crippen LogP) is 3.47. The van der Waals surface area contributed by atoms with Gasteiger partial charge in [0.15, 0.2) is 0 Å². The molecule has 2 aliphatic rings. The van der Waals surface area contributed by atoms with E-state index in [2.05, 4.69) is 47.9 Å². The summed E-state index contributed by atoms with van der Waals surface area (Å²) in [5.74, 6) is 0.946. The Morgan fingerprint density at radius 2 is 1.87 bits per heavy atom. The van der Waals surface area contributed by atoms with Crippen molar-refractivity contribution in [3.63, 3.8) is 0 Å². The van der Waals surface area contributed by atoms with Crippen molar-refractivity contribution in [2.75, 3.05) is 19.6 Å². The monoisotopic (exact) mass is 314 g/mol. The van der Waals surface area contributed by atoms with Crippen molar-refractivity contribution in [3.8, 4) is 0 Å². The van der Waals surface area contributed by atoms with Gasteiger partial charge in [0, 0.05) is 25.6 Å². The summed E-state index contributed by atoms with van der Waals surface area (Å²) in [6.07, 6.45) is 5.34. The Labute approximate surface area is 140 Å². The highest BCUT2D eigenvalue weighted by Crippen LogP contribution is 2.25. The molecular formula is C20H30N2O. The molecule has 1 aromatic rings. The van der Waals surface area contributed by atoms with Crippen molar-refractivity contribution < 1.29 is 4.79 Å². The van der Waals surface area contributed by atoms with Gasteiger partial charge < -0.3 is 9.80 Å². The molecule has 1 saturated heterocycles. The highest BCUT2D eigenvalue weighted by molar-refractivity contribution is 5.76. The molecule has 23 heavy (non-hydrogen) atoms. The van der Waals surface area contributed by atoms with E-state index in [4.69, 9.17) is 0 Å². The number of hydrogen-bond donors (Lipinski definition) is 0. The summed E-state index contributed by atoms with van der Waals surface area (Å²) in [6, 6.07) is 9.23. The van der Waals surface area contributed by atoms with E-state index in [1.807, 2.05) is 0 Å². The lowest BCUT2D eigenvalue weighted by atomic mass is 9.91. The van der Waals surface area contributed by atoms with Crippen LogP contribution in [0.2, 0.25) is 0 Å². The Hall–Kier alpha value is -1.35. The fraction of sp³-hybridized carbons (Fsp3) is 0.650. The Kier molecular flexibility index (Phi) is 5.37. The molecule has 3 nitrogen and oxygen atoms in total. The molecule has 2 heterocycles. The molecule has 3 rings (SSSR count). The number of likely N-dealkylation sites (tertiary alicyclic amines) is 1. The molecule has 3 heteroatoms. The van der Waals surface area contributed by atoms with Crippen LogP contribution in [0.4, 0.5) is 0 Å². The normalized spacial score (nSPS) is 21.0. The molecule has 1 unspecified atom stereocenters. The molecular weight excluding hydrogens is 284 g/mol. The van der Waals surface area contributed by atoms with Gasteiger partial charge >= 0.3 is 0 Å². The number of amides is 1. The van der Waals surface area contributed by atoms with Crippen molar-refractivity contribution in [2.24, 2.45) is 5.92 Å². The number of benzene rings is 1. The third-order valence-corrected chi connectivity index (χ3v) is 5.81. The summed E-state index contributed by atoms with van der Waals surface area (Å²) in [7, 11) is 0. The SMILES string of the molecule is CCC(C)N1CCC(CC(=O)N2CCc3ccccc3C2)CC1. The third-order valence-electron chi connectivity index (χ3n) is 5.81. The fourth-order valence-corrected chi connectivity index (χ4v) is 3.94. The molecule has 0 spiro atoms. The number of piperidine rings is 1. The van der Waals surface area contributed by atoms with Crippen molar-refractivity contribution >= 4 is 5.91 Å². The van der Waals surface area contributed by atoms with Gasteiger partial charge in [0.05, 0.1) is 0 Å². The summed E-state index contributed by atoms with van der Waals surface area (Å²) < 4.78 is 0. The second-order valence-corrected chi connectivity index (χ2v) is 7.27. The summed E-state index contributed by atoms with van der Waals surface area (Å²) in [6.45, 7) is 8.60. The van der Waals surface area contributed by atoms with E-state index in [-0.39, 0.29) is 0 Å². The number of rotatable bonds is 4. The van der Waals surface area contributed by atoms with Crippen LogP contribution in [0.25, 0.3) is 0 Å². The van der Waals surface area contributed by atoms with Crippen LogP contribution >= 0.6 is 0 Å². The maximum atomic E-state index is 12.7. The Bertz CT molecular complexity index is 534. The molecule has 0 radical (unpaired) electrons. The second-order valence-electron chi connectivity index (χ2n) is 7.27. The number of carbonyl (C=O) groups excluding carboxylic acids is 1. The first-order valence-electron chi connectivity index (χ1n) is 9.26. The van der Waals surface area contributed by atoms with Crippen molar-refractivity contribution in [3.05, 3.63) is 35.4 Å². The topological polar surface area (TPSA) is 23.6 Å². The molecule has 0 saturated carbocycles. The van der Waals surface area contributed by atoms with E-state index in [1.54, 1.807) is 0 Å². The van der Waals surface area contributed by atoms with Gasteiger partial charge in [-0.15, -0.1) is 0 Å². The van der Waals surface area contributed by atoms with Gasteiger partial charge in [-0.25, -0.2) is 0 Å². The van der Waals surface area contributed by atoms with E-state index in [9.17, 15) is 4.79 Å². The lowest BCUT2D eigenvalue weighted by Crippen LogP contribution is -2.42. The molecule has 126 valence electrons. The first kappa shape index (κ1) is 16.5. The highest BCUT2D eigenvalue weighted by atomic mass is 16.2. The predicted molar refractivity (Wildman–Crippen MR) is 94.2 cm³/mol. The second kappa shape index (κ2) is 7.48. The average molecular weight is 314 g/mol. The number of fused-ring (bicyclic) bond motifs is 1. The first-order valence-corrected chi connectivity index (χ1v) is 9.26. The van der Waals surface area contributed by atoms with Crippen molar-refractivity contribution in [1.29, 1.82) is 0 Å². The molecule has 0 N–H and O–H groups in total. The highest BCUT2D eigenvalue weighted by Gasteiger charge is 2.26. The minimum Gasteiger partial charge on any atom is -0.338 e. The smallest absolute Gasteiger partial charge is 0.223 e. The number of nitrogens with zero attached hydrogens (tertiary/aromatic N) is 2. The van der Waals surface area contributed by atoms with Crippen LogP contribution < -0.4 is 0 Å². The maximum absolute atomic E-state index is 12.7. The standard InChI is InChI=1S/C20H30N2O/c1-3-16(2)21-11-8-17(9-12-21)14-20(23)22-13-10-18-6-4-5-7-19(18)15-22/h4-7,16-17H,3,8-15H2,1-2H3. The molecule has 1 amide bonds.